The summed E-state index contributed by atoms with van der Waals surface area (Å²) in [5.74, 6) is -4.13. The number of nitro benzene ring substituents is 1. The van der Waals surface area contributed by atoms with Crippen LogP contribution in [0.5, 0.6) is 11.5 Å². The highest BCUT2D eigenvalue weighted by Gasteiger charge is 2.23. The average molecular weight is 389 g/mol. The van der Waals surface area contributed by atoms with Gasteiger partial charge in [-0.25, -0.2) is 13.6 Å². The zero-order valence-electron chi connectivity index (χ0n) is 13.6. The molecule has 0 bridgehead atoms. The number of esters is 1. The number of carbonyl (C=O) groups is 1. The summed E-state index contributed by atoms with van der Waals surface area (Å²) in [5.41, 5.74) is -1.48. The minimum atomic E-state index is -3.25. The van der Waals surface area contributed by atoms with Crippen molar-refractivity contribution in [2.45, 2.75) is 13.2 Å². The number of halogens is 4. The Kier molecular flexibility index (Phi) is 6.16. The summed E-state index contributed by atoms with van der Waals surface area (Å²) in [6.07, 6.45) is 0. The van der Waals surface area contributed by atoms with E-state index in [9.17, 15) is 32.5 Å². The van der Waals surface area contributed by atoms with Gasteiger partial charge >= 0.3 is 12.6 Å². The topological polar surface area (TPSA) is 87.9 Å². The molecule has 2 rings (SSSR count). The first-order valence-corrected chi connectivity index (χ1v) is 7.15. The van der Waals surface area contributed by atoms with E-state index in [1.54, 1.807) is 0 Å². The van der Waals surface area contributed by atoms with Crippen molar-refractivity contribution in [1.29, 1.82) is 0 Å². The van der Waals surface area contributed by atoms with Crippen molar-refractivity contribution in [3.8, 4) is 11.5 Å². The van der Waals surface area contributed by atoms with Gasteiger partial charge in [-0.05, 0) is 18.2 Å². The second-order valence-electron chi connectivity index (χ2n) is 4.97. The van der Waals surface area contributed by atoms with E-state index in [0.717, 1.165) is 25.3 Å². The number of ether oxygens (including phenoxy) is 3. The SMILES string of the molecule is COc1cc(COC(=O)c2ccc(F)cc2F)c([N+](=O)[O-])cc1OC(F)F. The monoisotopic (exact) mass is 389 g/mol. The Bertz CT molecular complexity index is 874. The number of nitro groups is 1. The van der Waals surface area contributed by atoms with Crippen LogP contribution >= 0.6 is 0 Å². The minimum absolute atomic E-state index is 0.214. The molecule has 0 heterocycles. The lowest BCUT2D eigenvalue weighted by Crippen LogP contribution is -2.10. The number of rotatable bonds is 7. The van der Waals surface area contributed by atoms with Crippen LogP contribution in [0.15, 0.2) is 30.3 Å². The fourth-order valence-corrected chi connectivity index (χ4v) is 2.10. The third-order valence-electron chi connectivity index (χ3n) is 3.29. The van der Waals surface area contributed by atoms with Crippen LogP contribution in [-0.2, 0) is 11.3 Å². The van der Waals surface area contributed by atoms with Crippen LogP contribution in [0.3, 0.4) is 0 Å². The van der Waals surface area contributed by atoms with E-state index < -0.39 is 52.7 Å². The normalized spacial score (nSPS) is 10.6. The second-order valence-corrected chi connectivity index (χ2v) is 4.97. The maximum atomic E-state index is 13.6. The lowest BCUT2D eigenvalue weighted by Gasteiger charge is -2.12. The summed E-state index contributed by atoms with van der Waals surface area (Å²) >= 11 is 0. The summed E-state index contributed by atoms with van der Waals surface area (Å²) in [6, 6.07) is 3.82. The van der Waals surface area contributed by atoms with Crippen molar-refractivity contribution < 1.29 is 41.5 Å². The number of alkyl halides is 2. The molecule has 0 unspecified atom stereocenters. The molecule has 0 amide bonds. The molecule has 0 aromatic heterocycles. The van der Waals surface area contributed by atoms with Gasteiger partial charge in [0, 0.05) is 6.07 Å². The van der Waals surface area contributed by atoms with Gasteiger partial charge in [0.15, 0.2) is 11.5 Å². The van der Waals surface area contributed by atoms with Gasteiger partial charge in [0.25, 0.3) is 5.69 Å². The molecule has 2 aromatic carbocycles. The maximum absolute atomic E-state index is 13.6. The zero-order valence-corrected chi connectivity index (χ0v) is 13.6. The van der Waals surface area contributed by atoms with E-state index in [4.69, 9.17) is 9.47 Å². The van der Waals surface area contributed by atoms with Crippen LogP contribution in [0.25, 0.3) is 0 Å². The third kappa shape index (κ3) is 4.84. The number of nitrogens with zero attached hydrogens (tertiary/aromatic N) is 1. The average Bonchev–Trinajstić information content (AvgIpc) is 2.59. The summed E-state index contributed by atoms with van der Waals surface area (Å²) in [5, 5.41) is 11.1. The lowest BCUT2D eigenvalue weighted by molar-refractivity contribution is -0.386. The van der Waals surface area contributed by atoms with Crippen LogP contribution in [0, 0.1) is 21.7 Å². The van der Waals surface area contributed by atoms with Gasteiger partial charge in [-0.15, -0.1) is 0 Å². The van der Waals surface area contributed by atoms with Crippen LogP contribution in [-0.4, -0.2) is 24.6 Å². The predicted molar refractivity (Wildman–Crippen MR) is 81.8 cm³/mol. The second kappa shape index (κ2) is 8.34. The zero-order chi connectivity index (χ0) is 20.1. The van der Waals surface area contributed by atoms with Crippen molar-refractivity contribution in [3.05, 3.63) is 63.2 Å². The number of benzene rings is 2. The maximum Gasteiger partial charge on any atom is 0.387 e. The standard InChI is InChI=1S/C16H11F4NO6/c1-25-13-4-8(12(21(23)24)6-14(13)27-16(19)20)7-26-15(22)10-3-2-9(17)5-11(10)18/h2-6,16H,7H2,1H3. The van der Waals surface area contributed by atoms with Gasteiger partial charge < -0.3 is 14.2 Å². The number of hydrogen-bond donors (Lipinski definition) is 0. The fourth-order valence-electron chi connectivity index (χ4n) is 2.10. The number of carbonyl (C=O) groups excluding carboxylic acids is 1. The van der Waals surface area contributed by atoms with E-state index in [1.165, 1.54) is 0 Å². The molecule has 0 aliphatic rings. The quantitative estimate of drug-likeness (QED) is 0.309. The molecule has 0 atom stereocenters. The van der Waals surface area contributed by atoms with Gasteiger partial charge in [-0.1, -0.05) is 0 Å². The molecule has 27 heavy (non-hydrogen) atoms. The van der Waals surface area contributed by atoms with E-state index in [1.807, 2.05) is 0 Å². The molecule has 0 N–H and O–H groups in total. The first-order chi connectivity index (χ1) is 12.7. The molecule has 11 heteroatoms. The predicted octanol–water partition coefficient (Wildman–Crippen LogP) is 3.84. The van der Waals surface area contributed by atoms with Crippen molar-refractivity contribution in [2.75, 3.05) is 7.11 Å². The highest BCUT2D eigenvalue weighted by atomic mass is 19.3. The molecular weight excluding hydrogens is 378 g/mol. The minimum Gasteiger partial charge on any atom is -0.493 e. The molecule has 144 valence electrons. The first-order valence-electron chi connectivity index (χ1n) is 7.15. The van der Waals surface area contributed by atoms with E-state index in [2.05, 4.69) is 4.74 Å². The van der Waals surface area contributed by atoms with Crippen LogP contribution in [0.1, 0.15) is 15.9 Å². The fraction of sp³-hybridized carbons (Fsp3) is 0.188. The Morgan fingerprint density at radius 1 is 1.19 bits per heavy atom. The molecule has 2 aromatic rings. The Morgan fingerprint density at radius 3 is 2.44 bits per heavy atom. The lowest BCUT2D eigenvalue weighted by atomic mass is 10.1. The van der Waals surface area contributed by atoms with Crippen molar-refractivity contribution >= 4 is 11.7 Å². The van der Waals surface area contributed by atoms with Gasteiger partial charge in [0.05, 0.1) is 29.2 Å². The molecule has 0 fully saturated rings. The van der Waals surface area contributed by atoms with Gasteiger partial charge in [-0.3, -0.25) is 10.1 Å². The Hall–Kier alpha value is -3.37. The Balaban J connectivity index is 2.29. The highest BCUT2D eigenvalue weighted by molar-refractivity contribution is 5.89. The van der Waals surface area contributed by atoms with Gasteiger partial charge in [0.2, 0.25) is 0 Å². The molecule has 0 aliphatic carbocycles. The summed E-state index contributed by atoms with van der Waals surface area (Å²) in [6.45, 7) is -3.94. The largest absolute Gasteiger partial charge is 0.493 e. The summed E-state index contributed by atoms with van der Waals surface area (Å²) < 4.78 is 65.0. The number of hydrogen-bond acceptors (Lipinski definition) is 6. The molecule has 0 aliphatic heterocycles. The molecule has 0 saturated heterocycles. The highest BCUT2D eigenvalue weighted by Crippen LogP contribution is 2.36. The van der Waals surface area contributed by atoms with Crippen molar-refractivity contribution in [1.82, 2.24) is 0 Å². The first kappa shape index (κ1) is 19.9. The van der Waals surface area contributed by atoms with E-state index in [-0.39, 0.29) is 11.3 Å². The van der Waals surface area contributed by atoms with Crippen LogP contribution in [0.2, 0.25) is 0 Å². The molecule has 7 nitrogen and oxygen atoms in total. The molecule has 0 spiro atoms. The van der Waals surface area contributed by atoms with E-state index >= 15 is 0 Å². The van der Waals surface area contributed by atoms with E-state index in [0.29, 0.717) is 12.1 Å². The third-order valence-corrected chi connectivity index (χ3v) is 3.29. The number of methoxy groups -OCH3 is 1. The molecular formula is C16H11F4NO6. The molecule has 0 saturated carbocycles. The Labute approximate surface area is 149 Å². The summed E-state index contributed by atoms with van der Waals surface area (Å²) in [7, 11) is 1.11. The Morgan fingerprint density at radius 2 is 1.89 bits per heavy atom. The smallest absolute Gasteiger partial charge is 0.387 e. The van der Waals surface area contributed by atoms with Crippen LogP contribution < -0.4 is 9.47 Å². The van der Waals surface area contributed by atoms with Crippen molar-refractivity contribution in [3.63, 3.8) is 0 Å². The summed E-state index contributed by atoms with van der Waals surface area (Å²) in [4.78, 5) is 22.1. The van der Waals surface area contributed by atoms with Gasteiger partial charge in [0.1, 0.15) is 18.2 Å². The van der Waals surface area contributed by atoms with Gasteiger partial charge in [-0.2, -0.15) is 8.78 Å². The molecule has 0 radical (unpaired) electrons. The van der Waals surface area contributed by atoms with Crippen LogP contribution in [0.4, 0.5) is 23.2 Å². The van der Waals surface area contributed by atoms with Crippen molar-refractivity contribution in [2.24, 2.45) is 0 Å².